The number of nitrogens with zero attached hydrogens (tertiary/aromatic N) is 3. The Bertz CT molecular complexity index is 975. The summed E-state index contributed by atoms with van der Waals surface area (Å²) in [5.74, 6) is 6.74. The SMILES string of the molecule is CCOc1ccc(-c2nnc(SCC(=O)NC(=O)Nc3ccccc3)n2N)cc1. The van der Waals surface area contributed by atoms with Gasteiger partial charge in [0.05, 0.1) is 12.4 Å². The molecule has 0 fully saturated rings. The number of nitrogens with one attached hydrogen (secondary N) is 2. The molecule has 0 aliphatic rings. The third-order valence-corrected chi connectivity index (χ3v) is 4.65. The third-order valence-electron chi connectivity index (χ3n) is 3.71. The molecular formula is C19H20N6O3S. The molecule has 150 valence electrons. The summed E-state index contributed by atoms with van der Waals surface area (Å²) in [6, 6.07) is 15.5. The summed E-state index contributed by atoms with van der Waals surface area (Å²) in [6.07, 6.45) is 0. The molecule has 3 amide bonds. The van der Waals surface area contributed by atoms with Crippen molar-refractivity contribution in [3.8, 4) is 17.1 Å². The number of ether oxygens (including phenoxy) is 1. The topological polar surface area (TPSA) is 124 Å². The molecule has 0 spiro atoms. The second-order valence-electron chi connectivity index (χ2n) is 5.79. The first-order valence-corrected chi connectivity index (χ1v) is 9.77. The lowest BCUT2D eigenvalue weighted by molar-refractivity contribution is -0.117. The summed E-state index contributed by atoms with van der Waals surface area (Å²) in [5.41, 5.74) is 1.36. The molecule has 1 aromatic heterocycles. The predicted molar refractivity (Wildman–Crippen MR) is 111 cm³/mol. The summed E-state index contributed by atoms with van der Waals surface area (Å²) in [6.45, 7) is 2.49. The van der Waals surface area contributed by atoms with Gasteiger partial charge in [-0.25, -0.2) is 9.47 Å². The zero-order valence-corrected chi connectivity index (χ0v) is 16.5. The fourth-order valence-electron chi connectivity index (χ4n) is 2.42. The molecule has 0 unspecified atom stereocenters. The van der Waals surface area contributed by atoms with E-state index in [0.717, 1.165) is 23.1 Å². The van der Waals surface area contributed by atoms with E-state index in [9.17, 15) is 9.59 Å². The normalized spacial score (nSPS) is 10.4. The zero-order valence-electron chi connectivity index (χ0n) is 15.7. The molecule has 9 nitrogen and oxygen atoms in total. The molecule has 3 rings (SSSR count). The van der Waals surface area contributed by atoms with Crippen molar-refractivity contribution >= 4 is 29.4 Å². The first-order valence-electron chi connectivity index (χ1n) is 8.79. The van der Waals surface area contributed by atoms with Crippen LogP contribution in [0.5, 0.6) is 5.75 Å². The summed E-state index contributed by atoms with van der Waals surface area (Å²) in [7, 11) is 0. The number of nitrogen functional groups attached to an aromatic ring is 1. The number of aromatic nitrogens is 3. The van der Waals surface area contributed by atoms with Crippen LogP contribution in [0.3, 0.4) is 0 Å². The van der Waals surface area contributed by atoms with E-state index in [0.29, 0.717) is 23.3 Å². The number of nitrogens with two attached hydrogens (primary N) is 1. The van der Waals surface area contributed by atoms with E-state index in [1.807, 2.05) is 37.3 Å². The van der Waals surface area contributed by atoms with Crippen LogP contribution in [0.1, 0.15) is 6.92 Å². The molecule has 0 aliphatic carbocycles. The monoisotopic (exact) mass is 412 g/mol. The maximum atomic E-state index is 12.0. The Morgan fingerprint density at radius 3 is 2.52 bits per heavy atom. The van der Waals surface area contributed by atoms with Crippen molar-refractivity contribution in [2.45, 2.75) is 12.1 Å². The lowest BCUT2D eigenvalue weighted by atomic mass is 10.2. The highest BCUT2D eigenvalue weighted by atomic mass is 32.2. The molecule has 29 heavy (non-hydrogen) atoms. The van der Waals surface area contributed by atoms with Crippen LogP contribution in [0.15, 0.2) is 59.8 Å². The molecule has 10 heteroatoms. The minimum absolute atomic E-state index is 0.0409. The smallest absolute Gasteiger partial charge is 0.325 e. The third kappa shape index (κ3) is 5.48. The van der Waals surface area contributed by atoms with E-state index in [-0.39, 0.29) is 5.75 Å². The van der Waals surface area contributed by atoms with Gasteiger partial charge in [-0.05, 0) is 43.3 Å². The second-order valence-corrected chi connectivity index (χ2v) is 6.73. The zero-order chi connectivity index (χ0) is 20.6. The number of imide groups is 1. The van der Waals surface area contributed by atoms with Crippen LogP contribution in [0.2, 0.25) is 0 Å². The minimum Gasteiger partial charge on any atom is -0.494 e. The average Bonchev–Trinajstić information content (AvgIpc) is 3.08. The molecular weight excluding hydrogens is 392 g/mol. The Morgan fingerprint density at radius 1 is 1.10 bits per heavy atom. The van der Waals surface area contributed by atoms with E-state index in [4.69, 9.17) is 10.6 Å². The number of amides is 3. The quantitative estimate of drug-likeness (QED) is 0.402. The van der Waals surface area contributed by atoms with E-state index >= 15 is 0 Å². The van der Waals surface area contributed by atoms with Crippen molar-refractivity contribution in [3.05, 3.63) is 54.6 Å². The maximum absolute atomic E-state index is 12.0. The lowest BCUT2D eigenvalue weighted by Crippen LogP contribution is -2.35. The number of carbonyl (C=O) groups excluding carboxylic acids is 2. The second kappa shape index (κ2) is 9.60. The number of benzene rings is 2. The van der Waals surface area contributed by atoms with Crippen LogP contribution in [0.25, 0.3) is 11.4 Å². The van der Waals surface area contributed by atoms with Gasteiger partial charge in [0.15, 0.2) is 5.82 Å². The van der Waals surface area contributed by atoms with Crippen molar-refractivity contribution in [2.24, 2.45) is 0 Å². The molecule has 2 aromatic carbocycles. The van der Waals surface area contributed by atoms with Gasteiger partial charge >= 0.3 is 6.03 Å². The fourth-order valence-corrected chi connectivity index (χ4v) is 3.07. The number of rotatable bonds is 7. The highest BCUT2D eigenvalue weighted by Gasteiger charge is 2.15. The van der Waals surface area contributed by atoms with Crippen LogP contribution in [0, 0.1) is 0 Å². The molecule has 3 aromatic rings. The maximum Gasteiger partial charge on any atom is 0.325 e. The molecule has 0 saturated heterocycles. The number of urea groups is 1. The first kappa shape index (κ1) is 20.2. The number of thioether (sulfide) groups is 1. The highest BCUT2D eigenvalue weighted by Crippen LogP contribution is 2.23. The predicted octanol–water partition coefficient (Wildman–Crippen LogP) is 2.50. The first-order chi connectivity index (χ1) is 14.1. The molecule has 1 heterocycles. The summed E-state index contributed by atoms with van der Waals surface area (Å²) in [4.78, 5) is 23.8. The number of hydrogen-bond donors (Lipinski definition) is 3. The Morgan fingerprint density at radius 2 is 1.83 bits per heavy atom. The summed E-state index contributed by atoms with van der Waals surface area (Å²) >= 11 is 1.08. The van der Waals surface area contributed by atoms with Crippen molar-refractivity contribution in [2.75, 3.05) is 23.5 Å². The van der Waals surface area contributed by atoms with Crippen LogP contribution < -0.4 is 21.2 Å². The summed E-state index contributed by atoms with van der Waals surface area (Å²) in [5, 5.41) is 13.3. The Labute approximate surface area is 171 Å². The van der Waals surface area contributed by atoms with E-state index in [1.54, 1.807) is 24.3 Å². The molecule has 4 N–H and O–H groups in total. The highest BCUT2D eigenvalue weighted by molar-refractivity contribution is 7.99. The van der Waals surface area contributed by atoms with Crippen LogP contribution in [-0.4, -0.2) is 39.2 Å². The van der Waals surface area contributed by atoms with Crippen LogP contribution in [-0.2, 0) is 4.79 Å². The Hall–Kier alpha value is -3.53. The van der Waals surface area contributed by atoms with Gasteiger partial charge in [-0.3, -0.25) is 10.1 Å². The van der Waals surface area contributed by atoms with Crippen LogP contribution >= 0.6 is 11.8 Å². The molecule has 0 bridgehead atoms. The van der Waals surface area contributed by atoms with Gasteiger partial charge in [-0.15, -0.1) is 10.2 Å². The van der Waals surface area contributed by atoms with Gasteiger partial charge in [-0.1, -0.05) is 30.0 Å². The van der Waals surface area contributed by atoms with Crippen molar-refractivity contribution in [1.82, 2.24) is 20.2 Å². The largest absolute Gasteiger partial charge is 0.494 e. The minimum atomic E-state index is -0.605. The van der Waals surface area contributed by atoms with Crippen molar-refractivity contribution in [3.63, 3.8) is 0 Å². The fraction of sp³-hybridized carbons (Fsp3) is 0.158. The lowest BCUT2D eigenvalue weighted by Gasteiger charge is -2.07. The Kier molecular flexibility index (Phi) is 6.69. The van der Waals surface area contributed by atoms with Gasteiger partial charge in [-0.2, -0.15) is 0 Å². The van der Waals surface area contributed by atoms with Crippen molar-refractivity contribution in [1.29, 1.82) is 0 Å². The number of anilines is 1. The van der Waals surface area contributed by atoms with Gasteiger partial charge in [0, 0.05) is 11.3 Å². The molecule has 0 radical (unpaired) electrons. The van der Waals surface area contributed by atoms with Crippen molar-refractivity contribution < 1.29 is 14.3 Å². The molecule has 0 atom stereocenters. The molecule has 0 aliphatic heterocycles. The number of para-hydroxylation sites is 1. The van der Waals surface area contributed by atoms with E-state index in [1.165, 1.54) is 4.68 Å². The van der Waals surface area contributed by atoms with Gasteiger partial charge in [0.1, 0.15) is 5.75 Å². The standard InChI is InChI=1S/C19H20N6O3S/c1-2-28-15-10-8-13(9-11-15)17-23-24-19(25(17)20)29-12-16(26)22-18(27)21-14-6-4-3-5-7-14/h3-11H,2,12,20H2,1H3,(H2,21,22,26,27). The summed E-state index contributed by atoms with van der Waals surface area (Å²) < 4.78 is 6.71. The van der Waals surface area contributed by atoms with Gasteiger partial charge < -0.3 is 15.9 Å². The van der Waals surface area contributed by atoms with E-state index < -0.39 is 11.9 Å². The number of hydrogen-bond acceptors (Lipinski definition) is 7. The average molecular weight is 412 g/mol. The van der Waals surface area contributed by atoms with E-state index in [2.05, 4.69) is 20.8 Å². The van der Waals surface area contributed by atoms with Crippen LogP contribution in [0.4, 0.5) is 10.5 Å². The van der Waals surface area contributed by atoms with Gasteiger partial charge in [0.2, 0.25) is 11.1 Å². The molecule has 0 saturated carbocycles. The Balaban J connectivity index is 1.54. The van der Waals surface area contributed by atoms with Gasteiger partial charge in [0.25, 0.3) is 0 Å². The number of carbonyl (C=O) groups is 2.